The first-order valence-corrected chi connectivity index (χ1v) is 16.3. The lowest BCUT2D eigenvalue weighted by molar-refractivity contribution is 0.287. The molecule has 9 nitrogen and oxygen atoms in total. The number of aromatic nitrogens is 1. The van der Waals surface area contributed by atoms with Crippen LogP contribution in [0, 0.1) is 6.92 Å². The van der Waals surface area contributed by atoms with Crippen LogP contribution >= 0.6 is 12.4 Å². The zero-order valence-electron chi connectivity index (χ0n) is 29.2. The van der Waals surface area contributed by atoms with Crippen molar-refractivity contribution in [3.63, 3.8) is 0 Å². The van der Waals surface area contributed by atoms with E-state index in [1.165, 1.54) is 12.1 Å². The van der Waals surface area contributed by atoms with E-state index in [0.29, 0.717) is 50.6 Å². The molecule has 0 spiro atoms. The predicted octanol–water partition coefficient (Wildman–Crippen LogP) is 8.86. The summed E-state index contributed by atoms with van der Waals surface area (Å²) in [6, 6.07) is 14.8. The minimum absolute atomic E-state index is 0. The van der Waals surface area contributed by atoms with Crippen LogP contribution in [0.2, 0.25) is 0 Å². The van der Waals surface area contributed by atoms with E-state index < -0.39 is 0 Å². The summed E-state index contributed by atoms with van der Waals surface area (Å²) >= 11 is 0. The lowest BCUT2D eigenvalue weighted by atomic mass is 10.0. The molecule has 5 aromatic rings. The van der Waals surface area contributed by atoms with E-state index in [-0.39, 0.29) is 40.3 Å². The Morgan fingerprint density at radius 2 is 1.43 bits per heavy atom. The number of fused-ring (bicyclic) bond motifs is 2. The van der Waals surface area contributed by atoms with E-state index >= 15 is 0 Å². The first kappa shape index (κ1) is 38.6. The van der Waals surface area contributed by atoms with Gasteiger partial charge in [-0.2, -0.15) is 0 Å². The molecule has 2 aromatic heterocycles. The van der Waals surface area contributed by atoms with Crippen LogP contribution in [0.15, 0.2) is 75.6 Å². The first-order chi connectivity index (χ1) is 23.1. The molecule has 0 saturated heterocycles. The van der Waals surface area contributed by atoms with Crippen LogP contribution in [0.1, 0.15) is 64.1 Å². The molecule has 0 fully saturated rings. The zero-order chi connectivity index (χ0) is 34.8. The second kappa shape index (κ2) is 18.0. The Morgan fingerprint density at radius 1 is 0.816 bits per heavy atom. The van der Waals surface area contributed by atoms with Crippen LogP contribution in [-0.4, -0.2) is 41.6 Å². The Balaban J connectivity index is 0.000000283. The zero-order valence-corrected chi connectivity index (χ0v) is 30.0. The Hall–Kier alpha value is -4.89. The Morgan fingerprint density at radius 3 is 2.06 bits per heavy atom. The number of phenols is 2. The average molecular weight is 692 g/mol. The largest absolute Gasteiger partial charge is 0.507 e. The minimum Gasteiger partial charge on any atom is -0.507 e. The summed E-state index contributed by atoms with van der Waals surface area (Å²) in [5.41, 5.74) is 3.39. The van der Waals surface area contributed by atoms with Gasteiger partial charge in [0.1, 0.15) is 28.2 Å². The minimum atomic E-state index is -0.310. The molecule has 49 heavy (non-hydrogen) atoms. The fraction of sp³-hybridized carbons (Fsp3) is 0.333. The maximum absolute atomic E-state index is 11.9. The van der Waals surface area contributed by atoms with Gasteiger partial charge in [0.05, 0.1) is 32.1 Å². The Bertz CT molecular complexity index is 1960. The predicted molar refractivity (Wildman–Crippen MR) is 197 cm³/mol. The van der Waals surface area contributed by atoms with Crippen molar-refractivity contribution >= 4 is 34.1 Å². The topological polar surface area (TPSA) is 120 Å². The van der Waals surface area contributed by atoms with Gasteiger partial charge in [0, 0.05) is 35.7 Å². The van der Waals surface area contributed by atoms with E-state index in [9.17, 15) is 15.0 Å². The van der Waals surface area contributed by atoms with Crippen molar-refractivity contribution in [3.8, 4) is 34.5 Å². The second-order valence-corrected chi connectivity index (χ2v) is 11.3. The van der Waals surface area contributed by atoms with E-state index in [1.54, 1.807) is 6.92 Å². The summed E-state index contributed by atoms with van der Waals surface area (Å²) in [5, 5.41) is 22.4. The fourth-order valence-corrected chi connectivity index (χ4v) is 5.27. The number of phenolic OH excluding ortho intramolecular Hbond substituents is 2. The van der Waals surface area contributed by atoms with Gasteiger partial charge >= 0.3 is 0 Å². The molecule has 262 valence electrons. The quantitative estimate of drug-likeness (QED) is 0.124. The molecular formula is C39H46ClNO8. The summed E-state index contributed by atoms with van der Waals surface area (Å²) in [7, 11) is 0. The second-order valence-electron chi connectivity index (χ2n) is 11.3. The van der Waals surface area contributed by atoms with Crippen LogP contribution in [0.5, 0.6) is 34.5 Å². The van der Waals surface area contributed by atoms with Crippen LogP contribution < -0.4 is 24.4 Å². The van der Waals surface area contributed by atoms with Crippen molar-refractivity contribution < 1.29 is 33.6 Å². The van der Waals surface area contributed by atoms with E-state index in [4.69, 9.17) is 23.4 Å². The van der Waals surface area contributed by atoms with Gasteiger partial charge in [0.15, 0.2) is 28.4 Å². The maximum atomic E-state index is 11.9. The van der Waals surface area contributed by atoms with E-state index in [2.05, 4.69) is 11.1 Å². The lowest BCUT2D eigenvalue weighted by Crippen LogP contribution is -2.02. The normalized spacial score (nSPS) is 10.5. The number of allylic oxidation sites excluding steroid dienone is 2. The molecule has 2 N–H and O–H groups in total. The molecule has 0 aliphatic carbocycles. The number of ether oxygens (including phenoxy) is 4. The maximum Gasteiger partial charge on any atom is 0.196 e. The molecular weight excluding hydrogens is 646 g/mol. The highest BCUT2D eigenvalue weighted by Gasteiger charge is 2.16. The highest BCUT2D eigenvalue weighted by atomic mass is 35.5. The molecule has 0 aliphatic rings. The molecule has 0 bridgehead atoms. The van der Waals surface area contributed by atoms with Gasteiger partial charge in [-0.25, -0.2) is 0 Å². The Labute approximate surface area is 293 Å². The number of rotatable bonds is 12. The molecule has 0 unspecified atom stereocenters. The molecule has 0 aliphatic heterocycles. The van der Waals surface area contributed by atoms with E-state index in [0.717, 1.165) is 50.6 Å². The summed E-state index contributed by atoms with van der Waals surface area (Å²) in [6.45, 7) is 15.7. The molecule has 2 heterocycles. The van der Waals surface area contributed by atoms with Gasteiger partial charge in [-0.3, -0.25) is 9.78 Å². The van der Waals surface area contributed by atoms with Crippen molar-refractivity contribution in [2.75, 3.05) is 26.4 Å². The molecule has 0 amide bonds. The van der Waals surface area contributed by atoms with Crippen LogP contribution in [0.3, 0.4) is 0 Å². The molecule has 0 saturated carbocycles. The van der Waals surface area contributed by atoms with Gasteiger partial charge in [0.25, 0.3) is 0 Å². The van der Waals surface area contributed by atoms with Crippen molar-refractivity contribution in [1.29, 1.82) is 0 Å². The van der Waals surface area contributed by atoms with Crippen molar-refractivity contribution in [3.05, 3.63) is 99.2 Å². The highest BCUT2D eigenvalue weighted by molar-refractivity contribution is 5.88. The number of pyridine rings is 1. The summed E-state index contributed by atoms with van der Waals surface area (Å²) in [6.07, 6.45) is 4.76. The third-order valence-corrected chi connectivity index (χ3v) is 7.40. The lowest BCUT2D eigenvalue weighted by Gasteiger charge is -2.15. The van der Waals surface area contributed by atoms with Crippen molar-refractivity contribution in [2.45, 2.75) is 61.3 Å². The Kier molecular flexibility index (Phi) is 14.2. The summed E-state index contributed by atoms with van der Waals surface area (Å²) in [5.74, 6) is 3.20. The number of hydrogen-bond donors (Lipinski definition) is 2. The SMILES string of the molecule is CC(C)=CCc1c(O)cc2oc(C)cc(=O)c2c1O.CCOc1ccc(Cc2nccc3cc(OCC)c(OCC)cc23)cc1OCC.Cl. The third-order valence-electron chi connectivity index (χ3n) is 7.40. The number of aryl methyl sites for hydroxylation is 1. The standard InChI is InChI=1S/C24H29NO4.C15H16O4.ClH/c1-5-26-21-10-9-17(14-22(21)27-6-2)13-20-19-16-24(29-8-4)23(28-7-3)15-18(19)11-12-25-20;1-8(2)4-5-10-11(16)7-13-14(15(10)18)12(17)6-9(3)19-13;/h9-12,14-16H,5-8,13H2,1-4H3;4,6-7,16,18H,5H2,1-3H3;1H. The van der Waals surface area contributed by atoms with Crippen LogP contribution in [0.25, 0.3) is 21.7 Å². The highest BCUT2D eigenvalue weighted by Crippen LogP contribution is 2.36. The van der Waals surface area contributed by atoms with Gasteiger partial charge in [-0.15, -0.1) is 12.4 Å². The van der Waals surface area contributed by atoms with Gasteiger partial charge < -0.3 is 33.6 Å². The number of hydrogen-bond acceptors (Lipinski definition) is 9. The number of benzene rings is 3. The molecule has 10 heteroatoms. The molecule has 0 atom stereocenters. The number of aromatic hydroxyl groups is 2. The van der Waals surface area contributed by atoms with Crippen molar-refractivity contribution in [1.82, 2.24) is 4.98 Å². The van der Waals surface area contributed by atoms with Crippen LogP contribution in [0.4, 0.5) is 0 Å². The third kappa shape index (κ3) is 9.60. The summed E-state index contributed by atoms with van der Waals surface area (Å²) < 4.78 is 28.4. The fourth-order valence-electron chi connectivity index (χ4n) is 5.27. The van der Waals surface area contributed by atoms with Crippen molar-refractivity contribution in [2.24, 2.45) is 0 Å². The number of halogens is 1. The molecule has 5 rings (SSSR count). The number of nitrogens with zero attached hydrogens (tertiary/aromatic N) is 1. The summed E-state index contributed by atoms with van der Waals surface area (Å²) in [4.78, 5) is 16.6. The van der Waals surface area contributed by atoms with E-state index in [1.807, 2.05) is 84.1 Å². The average Bonchev–Trinajstić information content (AvgIpc) is 3.03. The van der Waals surface area contributed by atoms with Crippen LogP contribution in [-0.2, 0) is 12.8 Å². The monoisotopic (exact) mass is 691 g/mol. The molecule has 0 radical (unpaired) electrons. The van der Waals surface area contributed by atoms with Gasteiger partial charge in [-0.05, 0) is 96.2 Å². The van der Waals surface area contributed by atoms with Gasteiger partial charge in [0.2, 0.25) is 0 Å². The molecule has 3 aromatic carbocycles. The smallest absolute Gasteiger partial charge is 0.196 e. The van der Waals surface area contributed by atoms with Gasteiger partial charge in [-0.1, -0.05) is 17.7 Å². The first-order valence-electron chi connectivity index (χ1n) is 16.3.